The molecule has 3 fully saturated rings. The van der Waals surface area contributed by atoms with Crippen molar-refractivity contribution < 1.29 is 22.7 Å². The maximum absolute atomic E-state index is 13.4. The number of hydrogen-bond donors (Lipinski definition) is 2. The highest BCUT2D eigenvalue weighted by Crippen LogP contribution is 2.54. The van der Waals surface area contributed by atoms with Gasteiger partial charge in [0.2, 0.25) is 15.7 Å². The summed E-state index contributed by atoms with van der Waals surface area (Å²) in [6, 6.07) is 22.4. The van der Waals surface area contributed by atoms with E-state index in [1.54, 1.807) is 31.3 Å². The van der Waals surface area contributed by atoms with Crippen LogP contribution in [0, 0.1) is 17.8 Å². The third kappa shape index (κ3) is 7.10. The first-order chi connectivity index (χ1) is 25.1. The van der Waals surface area contributed by atoms with Crippen LogP contribution in [0.1, 0.15) is 43.2 Å². The number of benzene rings is 3. The Morgan fingerprint density at radius 2 is 1.71 bits per heavy atom. The lowest BCUT2D eigenvalue weighted by molar-refractivity contribution is -0.111. The number of hydrogen-bond acceptors (Lipinski definition) is 8. The summed E-state index contributed by atoms with van der Waals surface area (Å²) in [5.41, 5.74) is 4.26. The van der Waals surface area contributed by atoms with Crippen LogP contribution >= 0.6 is 0 Å². The van der Waals surface area contributed by atoms with E-state index in [1.165, 1.54) is 23.3 Å². The Balaban J connectivity index is 0.975. The van der Waals surface area contributed by atoms with Crippen LogP contribution < -0.4 is 15.5 Å². The molecule has 52 heavy (non-hydrogen) atoms. The van der Waals surface area contributed by atoms with Gasteiger partial charge in [-0.2, -0.15) is 0 Å². The second-order valence-electron chi connectivity index (χ2n) is 15.2. The largest absolute Gasteiger partial charge is 0.446 e. The zero-order chi connectivity index (χ0) is 36.5. The number of alkyl carbamates (subject to hydrolysis) is 1. The van der Waals surface area contributed by atoms with E-state index in [9.17, 15) is 18.0 Å². The molecule has 2 amide bonds. The Labute approximate surface area is 308 Å². The number of piperidine rings is 1. The lowest BCUT2D eigenvalue weighted by atomic mass is 9.56. The van der Waals surface area contributed by atoms with Crippen molar-refractivity contribution >= 4 is 33.2 Å². The van der Waals surface area contributed by atoms with Gasteiger partial charge in [-0.05, 0) is 118 Å². The van der Waals surface area contributed by atoms with Gasteiger partial charge in [0, 0.05) is 68.4 Å². The van der Waals surface area contributed by atoms with Crippen molar-refractivity contribution in [3.8, 4) is 0 Å². The highest BCUT2D eigenvalue weighted by atomic mass is 32.2. The number of carbonyl (C=O) groups excluding carboxylic acids is 2. The zero-order valence-electron chi connectivity index (χ0n) is 30.3. The fourth-order valence-corrected chi connectivity index (χ4v) is 10.9. The van der Waals surface area contributed by atoms with Gasteiger partial charge in [-0.25, -0.2) is 13.2 Å². The van der Waals surface area contributed by atoms with E-state index in [-0.39, 0.29) is 27.4 Å². The van der Waals surface area contributed by atoms with Gasteiger partial charge in [0.05, 0.1) is 9.79 Å². The summed E-state index contributed by atoms with van der Waals surface area (Å²) in [6.07, 6.45) is 6.09. The molecule has 1 aliphatic carbocycles. The van der Waals surface area contributed by atoms with Crippen molar-refractivity contribution in [1.29, 1.82) is 0 Å². The van der Waals surface area contributed by atoms with Crippen LogP contribution in [0.3, 0.4) is 0 Å². The molecule has 2 saturated heterocycles. The minimum absolute atomic E-state index is 0.0535. The molecule has 3 aromatic carbocycles. The summed E-state index contributed by atoms with van der Waals surface area (Å²) in [4.78, 5) is 31.9. The topological polar surface area (TPSA) is 111 Å². The van der Waals surface area contributed by atoms with E-state index in [2.05, 4.69) is 63.2 Å². The molecule has 0 aromatic heterocycles. The molecule has 10 nitrogen and oxygen atoms in total. The number of amides is 2. The van der Waals surface area contributed by atoms with Crippen LogP contribution in [0.25, 0.3) is 0 Å². The van der Waals surface area contributed by atoms with Gasteiger partial charge in [-0.3, -0.25) is 4.79 Å². The highest BCUT2D eigenvalue weighted by molar-refractivity contribution is 7.91. The van der Waals surface area contributed by atoms with Crippen LogP contribution in [0.15, 0.2) is 95.2 Å². The molecule has 7 rings (SSSR count). The Morgan fingerprint density at radius 1 is 0.962 bits per heavy atom. The molecule has 0 unspecified atom stereocenters. The second-order valence-corrected chi connectivity index (χ2v) is 17.1. The quantitative estimate of drug-likeness (QED) is 0.256. The minimum Gasteiger partial charge on any atom is -0.446 e. The van der Waals surface area contributed by atoms with Gasteiger partial charge < -0.3 is 30.1 Å². The molecule has 3 heterocycles. The number of ether oxygens (including phenoxy) is 1. The molecule has 2 N–H and O–H groups in total. The zero-order valence-corrected chi connectivity index (χ0v) is 31.1. The monoisotopic (exact) mass is 725 g/mol. The lowest BCUT2D eigenvalue weighted by Gasteiger charge is -2.54. The standard InChI is InChI=1S/C41H51N5O5S/c1-4-39(47)43-32-10-7-11-35(23-32)52(49,50)34-17-15-33(16-18-34)46-25-29(26-46)24-45-21-19-31(20-22-45)41(37-13-8-14-38(37)51-40(48)42-2)28-44(3)27-30-9-5-6-12-36(30)41/h4-7,9-12,15-18,23,29,31,37-38H,1,8,13-14,19-22,24-28H2,2-3H3,(H,42,48)(H,43,47)/t37-,38-,41-/m0/s1. The average molecular weight is 726 g/mol. The summed E-state index contributed by atoms with van der Waals surface area (Å²) >= 11 is 0. The van der Waals surface area contributed by atoms with Gasteiger partial charge in [0.1, 0.15) is 6.10 Å². The van der Waals surface area contributed by atoms with Gasteiger partial charge in [-0.15, -0.1) is 0 Å². The average Bonchev–Trinajstić information content (AvgIpc) is 3.61. The Kier molecular flexibility index (Phi) is 10.5. The van der Waals surface area contributed by atoms with Gasteiger partial charge in [0.15, 0.2) is 0 Å². The van der Waals surface area contributed by atoms with Crippen LogP contribution in [-0.2, 0) is 31.3 Å². The maximum atomic E-state index is 13.4. The first-order valence-electron chi connectivity index (χ1n) is 18.6. The number of sulfone groups is 1. The SMILES string of the molecule is C=CC(=O)Nc1cccc(S(=O)(=O)c2ccc(N3CC(CN4CCC([C@@]5([C@H]6CCC[C@@H]6OC(=O)NC)CN(C)Cc6ccccc65)CC4)C3)cc2)c1. The Morgan fingerprint density at radius 3 is 2.44 bits per heavy atom. The van der Waals surface area contributed by atoms with E-state index < -0.39 is 15.7 Å². The number of likely N-dealkylation sites (N-methyl/N-ethyl adjacent to an activating group) is 1. The van der Waals surface area contributed by atoms with Gasteiger partial charge >= 0.3 is 6.09 Å². The first-order valence-corrected chi connectivity index (χ1v) is 20.1. The Bertz CT molecular complexity index is 1890. The summed E-state index contributed by atoms with van der Waals surface area (Å²) < 4.78 is 32.8. The summed E-state index contributed by atoms with van der Waals surface area (Å²) in [5.74, 6) is 0.963. The number of carbonyl (C=O) groups is 2. The van der Waals surface area contributed by atoms with Crippen molar-refractivity contribution in [3.63, 3.8) is 0 Å². The van der Waals surface area contributed by atoms with E-state index in [4.69, 9.17) is 4.74 Å². The molecule has 3 atom stereocenters. The number of anilines is 2. The molecule has 4 aliphatic rings. The number of rotatable bonds is 10. The van der Waals surface area contributed by atoms with Crippen molar-refractivity contribution in [2.24, 2.45) is 17.8 Å². The van der Waals surface area contributed by atoms with Crippen molar-refractivity contribution in [2.45, 2.75) is 60.0 Å². The molecule has 3 aliphatic heterocycles. The van der Waals surface area contributed by atoms with Crippen molar-refractivity contribution in [2.75, 3.05) is 63.6 Å². The minimum atomic E-state index is -3.75. The van der Waals surface area contributed by atoms with Crippen LogP contribution in [0.2, 0.25) is 0 Å². The predicted octanol–water partition coefficient (Wildman–Crippen LogP) is 5.70. The number of likely N-dealkylation sites (tertiary alicyclic amines) is 1. The molecule has 0 radical (unpaired) electrons. The summed E-state index contributed by atoms with van der Waals surface area (Å²) in [6.45, 7) is 10.5. The maximum Gasteiger partial charge on any atom is 0.407 e. The molecule has 276 valence electrons. The normalized spacial score (nSPS) is 24.5. The first kappa shape index (κ1) is 36.2. The van der Waals surface area contributed by atoms with Crippen molar-refractivity contribution in [3.05, 3.63) is 96.6 Å². The molecule has 1 saturated carbocycles. The van der Waals surface area contributed by atoms with Crippen molar-refractivity contribution in [1.82, 2.24) is 15.1 Å². The molecule has 11 heteroatoms. The Hall–Kier alpha value is -4.19. The van der Waals surface area contributed by atoms with Crippen LogP contribution in [-0.4, -0.2) is 89.7 Å². The number of nitrogens with one attached hydrogen (secondary N) is 2. The summed E-state index contributed by atoms with van der Waals surface area (Å²) in [7, 11) is 0.136. The van der Waals surface area contributed by atoms with Gasteiger partial charge in [-0.1, -0.05) is 36.9 Å². The second kappa shape index (κ2) is 15.0. The van der Waals surface area contributed by atoms with E-state index in [0.717, 1.165) is 89.7 Å². The molecular formula is C41H51N5O5S. The molecular weight excluding hydrogens is 675 g/mol. The summed E-state index contributed by atoms with van der Waals surface area (Å²) in [5, 5.41) is 5.31. The van der Waals surface area contributed by atoms with E-state index in [1.807, 2.05) is 12.1 Å². The number of nitrogens with zero attached hydrogens (tertiary/aromatic N) is 3. The van der Waals surface area contributed by atoms with Crippen LogP contribution in [0.4, 0.5) is 16.2 Å². The molecule has 3 aromatic rings. The fourth-order valence-electron chi connectivity index (χ4n) is 9.61. The fraction of sp³-hybridized carbons (Fsp3) is 0.463. The third-order valence-corrected chi connectivity index (χ3v) is 13.7. The van der Waals surface area contributed by atoms with E-state index >= 15 is 0 Å². The van der Waals surface area contributed by atoms with Crippen LogP contribution in [0.5, 0.6) is 0 Å². The smallest absolute Gasteiger partial charge is 0.407 e. The van der Waals surface area contributed by atoms with E-state index in [0.29, 0.717) is 23.4 Å². The predicted molar refractivity (Wildman–Crippen MR) is 203 cm³/mol. The highest BCUT2D eigenvalue weighted by Gasteiger charge is 2.55. The lowest BCUT2D eigenvalue weighted by Crippen LogP contribution is -2.58. The molecule has 0 spiro atoms. The molecule has 0 bridgehead atoms. The van der Waals surface area contributed by atoms with Gasteiger partial charge in [0.25, 0.3) is 0 Å². The third-order valence-electron chi connectivity index (χ3n) is 12.0. The number of fused-ring (bicyclic) bond motifs is 1.